The van der Waals surface area contributed by atoms with Crippen LogP contribution in [0.1, 0.15) is 25.7 Å². The Hall–Kier alpha value is -0.160. The zero-order valence-corrected chi connectivity index (χ0v) is 8.66. The van der Waals surface area contributed by atoms with Gasteiger partial charge in [-0.1, -0.05) is 12.8 Å². The molecule has 0 radical (unpaired) electrons. The Morgan fingerprint density at radius 3 is 1.31 bits per heavy atom. The number of aliphatic hydroxyl groups is 2. The third-order valence-electron chi connectivity index (χ3n) is 1.30. The van der Waals surface area contributed by atoms with Crippen LogP contribution in [0.15, 0.2) is 0 Å². The van der Waals surface area contributed by atoms with Gasteiger partial charge >= 0.3 is 0 Å². The third-order valence-corrected chi connectivity index (χ3v) is 1.30. The molecule has 4 nitrogen and oxygen atoms in total. The number of hydrogen-bond donors (Lipinski definition) is 2. The summed E-state index contributed by atoms with van der Waals surface area (Å²) in [5, 5.41) is 16.6. The summed E-state index contributed by atoms with van der Waals surface area (Å²) in [4.78, 5) is 0. The average molecular weight is 194 g/mol. The van der Waals surface area contributed by atoms with Crippen molar-refractivity contribution in [3.63, 3.8) is 0 Å². The van der Waals surface area contributed by atoms with E-state index >= 15 is 0 Å². The molecule has 13 heavy (non-hydrogen) atoms. The number of ether oxygens (including phenoxy) is 2. The van der Waals surface area contributed by atoms with Crippen LogP contribution in [0.4, 0.5) is 0 Å². The molecule has 0 saturated carbocycles. The second-order valence-corrected chi connectivity index (χ2v) is 2.56. The van der Waals surface area contributed by atoms with Gasteiger partial charge < -0.3 is 19.7 Å². The Labute approximate surface area is 80.5 Å². The molecule has 82 valence electrons. The fourth-order valence-electron chi connectivity index (χ4n) is 0.695. The van der Waals surface area contributed by atoms with Crippen LogP contribution in [0.5, 0.6) is 0 Å². The van der Waals surface area contributed by atoms with Crippen LogP contribution in [-0.2, 0) is 9.47 Å². The van der Waals surface area contributed by atoms with E-state index in [1.54, 1.807) is 14.2 Å². The molecule has 4 heteroatoms. The van der Waals surface area contributed by atoms with Crippen molar-refractivity contribution in [3.8, 4) is 0 Å². The van der Waals surface area contributed by atoms with Gasteiger partial charge in [-0.2, -0.15) is 0 Å². The number of rotatable bonds is 7. The van der Waals surface area contributed by atoms with Crippen LogP contribution < -0.4 is 0 Å². The van der Waals surface area contributed by atoms with Crippen molar-refractivity contribution in [3.05, 3.63) is 0 Å². The first-order valence-corrected chi connectivity index (χ1v) is 4.53. The van der Waals surface area contributed by atoms with Crippen LogP contribution in [0, 0.1) is 0 Å². The molecular formula is C9H22O4. The normalized spacial score (nSPS) is 9.23. The molecule has 0 aliphatic rings. The van der Waals surface area contributed by atoms with E-state index in [9.17, 15) is 0 Å². The largest absolute Gasteiger partial charge is 0.396 e. The van der Waals surface area contributed by atoms with Crippen LogP contribution in [0.2, 0.25) is 0 Å². The summed E-state index contributed by atoms with van der Waals surface area (Å²) in [5.74, 6) is 0. The van der Waals surface area contributed by atoms with E-state index < -0.39 is 0 Å². The molecule has 0 amide bonds. The highest BCUT2D eigenvalue weighted by Gasteiger charge is 1.84. The van der Waals surface area contributed by atoms with Gasteiger partial charge in [-0.25, -0.2) is 0 Å². The quantitative estimate of drug-likeness (QED) is 0.464. The molecule has 0 aromatic rings. The fourth-order valence-corrected chi connectivity index (χ4v) is 0.695. The summed E-state index contributed by atoms with van der Waals surface area (Å²) >= 11 is 0. The minimum atomic E-state index is 0.283. The van der Waals surface area contributed by atoms with E-state index in [0.29, 0.717) is 6.79 Å². The van der Waals surface area contributed by atoms with Gasteiger partial charge in [-0.15, -0.1) is 0 Å². The van der Waals surface area contributed by atoms with Crippen molar-refractivity contribution in [2.24, 2.45) is 0 Å². The Balaban J connectivity index is 0. The fraction of sp³-hybridized carbons (Fsp3) is 1.00. The van der Waals surface area contributed by atoms with E-state index in [0.717, 1.165) is 25.7 Å². The first kappa shape index (κ1) is 15.3. The third kappa shape index (κ3) is 24.5. The second kappa shape index (κ2) is 17.8. The summed E-state index contributed by atoms with van der Waals surface area (Å²) in [5.41, 5.74) is 0. The summed E-state index contributed by atoms with van der Waals surface area (Å²) in [7, 11) is 3.17. The lowest BCUT2D eigenvalue weighted by Gasteiger charge is -1.93. The van der Waals surface area contributed by atoms with Gasteiger partial charge in [-0.3, -0.25) is 0 Å². The maximum Gasteiger partial charge on any atom is 0.145 e. The summed E-state index contributed by atoms with van der Waals surface area (Å²) in [6, 6.07) is 0. The molecular weight excluding hydrogens is 172 g/mol. The monoisotopic (exact) mass is 194 g/mol. The summed E-state index contributed by atoms with van der Waals surface area (Å²) in [6.07, 6.45) is 3.83. The van der Waals surface area contributed by atoms with Crippen molar-refractivity contribution in [2.75, 3.05) is 34.2 Å². The molecule has 0 unspecified atom stereocenters. The lowest BCUT2D eigenvalue weighted by atomic mass is 10.2. The lowest BCUT2D eigenvalue weighted by Crippen LogP contribution is -1.87. The smallest absolute Gasteiger partial charge is 0.145 e. The minimum Gasteiger partial charge on any atom is -0.396 e. The molecule has 0 fully saturated rings. The van der Waals surface area contributed by atoms with Gasteiger partial charge in [0.25, 0.3) is 0 Å². The Kier molecular flexibility index (Phi) is 21.0. The average Bonchev–Trinajstić information content (AvgIpc) is 2.15. The zero-order chi connectivity index (χ0) is 10.4. The number of hydrogen-bond acceptors (Lipinski definition) is 4. The van der Waals surface area contributed by atoms with Gasteiger partial charge in [0.05, 0.1) is 0 Å². The number of unbranched alkanes of at least 4 members (excludes halogenated alkanes) is 3. The molecule has 0 spiro atoms. The predicted molar refractivity (Wildman–Crippen MR) is 51.5 cm³/mol. The van der Waals surface area contributed by atoms with Crippen molar-refractivity contribution in [1.82, 2.24) is 0 Å². The molecule has 2 N–H and O–H groups in total. The predicted octanol–water partition coefficient (Wildman–Crippen LogP) is 0.768. The first-order valence-electron chi connectivity index (χ1n) is 4.53. The van der Waals surface area contributed by atoms with E-state index in [1.807, 2.05) is 0 Å². The van der Waals surface area contributed by atoms with Crippen molar-refractivity contribution < 1.29 is 19.7 Å². The molecule has 0 rings (SSSR count). The number of methoxy groups -OCH3 is 2. The van der Waals surface area contributed by atoms with Crippen molar-refractivity contribution in [2.45, 2.75) is 25.7 Å². The van der Waals surface area contributed by atoms with Gasteiger partial charge in [0.15, 0.2) is 0 Å². The van der Waals surface area contributed by atoms with Gasteiger partial charge in [0.1, 0.15) is 6.79 Å². The Bertz CT molecular complexity index is 60.6. The SMILES string of the molecule is COCOC.OCCCCCCO. The minimum absolute atomic E-state index is 0.283. The van der Waals surface area contributed by atoms with E-state index in [-0.39, 0.29) is 13.2 Å². The zero-order valence-electron chi connectivity index (χ0n) is 8.66. The lowest BCUT2D eigenvalue weighted by molar-refractivity contribution is -0.00271. The van der Waals surface area contributed by atoms with Crippen LogP contribution >= 0.6 is 0 Å². The van der Waals surface area contributed by atoms with Crippen molar-refractivity contribution >= 4 is 0 Å². The van der Waals surface area contributed by atoms with E-state index in [1.165, 1.54) is 0 Å². The number of aliphatic hydroxyl groups excluding tert-OH is 2. The second-order valence-electron chi connectivity index (χ2n) is 2.56. The van der Waals surface area contributed by atoms with Crippen LogP contribution in [-0.4, -0.2) is 44.4 Å². The summed E-state index contributed by atoms with van der Waals surface area (Å²) in [6.45, 7) is 0.955. The van der Waals surface area contributed by atoms with Crippen LogP contribution in [0.25, 0.3) is 0 Å². The van der Waals surface area contributed by atoms with Crippen molar-refractivity contribution in [1.29, 1.82) is 0 Å². The van der Waals surface area contributed by atoms with E-state index in [2.05, 4.69) is 9.47 Å². The maximum atomic E-state index is 8.30. The molecule has 0 saturated heterocycles. The molecule has 0 aliphatic heterocycles. The molecule has 0 heterocycles. The standard InChI is InChI=1S/C6H14O2.C3H8O2/c7-5-3-1-2-4-6-8;1-4-3-5-2/h7-8H,1-6H2;3H2,1-2H3. The molecule has 0 bridgehead atoms. The van der Waals surface area contributed by atoms with Gasteiger partial charge in [0.2, 0.25) is 0 Å². The highest BCUT2D eigenvalue weighted by Crippen LogP contribution is 1.96. The maximum absolute atomic E-state index is 8.30. The Morgan fingerprint density at radius 2 is 1.15 bits per heavy atom. The van der Waals surface area contributed by atoms with Gasteiger partial charge in [0, 0.05) is 27.4 Å². The highest BCUT2D eigenvalue weighted by atomic mass is 16.6. The molecule has 0 aromatic heterocycles. The Morgan fingerprint density at radius 1 is 0.769 bits per heavy atom. The first-order chi connectivity index (χ1) is 6.33. The topological polar surface area (TPSA) is 58.9 Å². The molecule has 0 aliphatic carbocycles. The highest BCUT2D eigenvalue weighted by molar-refractivity contribution is 4.39. The van der Waals surface area contributed by atoms with E-state index in [4.69, 9.17) is 10.2 Å². The molecule has 0 atom stereocenters. The van der Waals surface area contributed by atoms with Gasteiger partial charge in [-0.05, 0) is 12.8 Å². The van der Waals surface area contributed by atoms with Crippen LogP contribution in [0.3, 0.4) is 0 Å². The molecule has 0 aromatic carbocycles. The summed E-state index contributed by atoms with van der Waals surface area (Å²) < 4.78 is 8.94.